The van der Waals surface area contributed by atoms with Crippen LogP contribution in [0.2, 0.25) is 0 Å². The average molecular weight is 352 g/mol. The maximum Gasteiger partial charge on any atom is 0.234 e. The van der Waals surface area contributed by atoms with Crippen LogP contribution in [-0.2, 0) is 16.9 Å². The first-order valence-electron chi connectivity index (χ1n) is 9.25. The molecule has 0 spiro atoms. The van der Waals surface area contributed by atoms with Crippen LogP contribution in [0.5, 0.6) is 0 Å². The van der Waals surface area contributed by atoms with Gasteiger partial charge in [-0.1, -0.05) is 60.7 Å². The molecule has 0 radical (unpaired) electrons. The van der Waals surface area contributed by atoms with E-state index in [1.165, 1.54) is 11.1 Å². The summed E-state index contributed by atoms with van der Waals surface area (Å²) in [5.74, 6) is -0.00716. The van der Waals surface area contributed by atoms with Crippen molar-refractivity contribution in [1.82, 2.24) is 15.5 Å². The lowest BCUT2D eigenvalue weighted by molar-refractivity contribution is -0.120. The van der Waals surface area contributed by atoms with Gasteiger partial charge in [-0.15, -0.1) is 0 Å². The molecule has 4 N–H and O–H groups in total. The van der Waals surface area contributed by atoms with Gasteiger partial charge in [0.05, 0.1) is 12.1 Å². The molecule has 0 aromatic heterocycles. The lowest BCUT2D eigenvalue weighted by Gasteiger charge is -2.31. The van der Waals surface area contributed by atoms with Crippen LogP contribution >= 0.6 is 0 Å². The summed E-state index contributed by atoms with van der Waals surface area (Å²) in [6, 6.07) is 21.0. The second-order valence-electron chi connectivity index (χ2n) is 6.89. The Balaban J connectivity index is 1.70. The Morgan fingerprint density at radius 1 is 1.08 bits per heavy atom. The van der Waals surface area contributed by atoms with E-state index in [-0.39, 0.29) is 11.4 Å². The fourth-order valence-corrected chi connectivity index (χ4v) is 3.63. The van der Waals surface area contributed by atoms with Crippen molar-refractivity contribution in [3.63, 3.8) is 0 Å². The molecule has 1 saturated heterocycles. The molecule has 138 valence electrons. The first-order valence-corrected chi connectivity index (χ1v) is 9.25. The van der Waals surface area contributed by atoms with Crippen LogP contribution in [0.4, 0.5) is 0 Å². The fourth-order valence-electron chi connectivity index (χ4n) is 3.63. The number of hydrogen-bond acceptors (Lipinski definition) is 4. The number of benzene rings is 2. The summed E-state index contributed by atoms with van der Waals surface area (Å²) >= 11 is 0. The van der Waals surface area contributed by atoms with Crippen LogP contribution in [0.3, 0.4) is 0 Å². The minimum absolute atomic E-state index is 0.00716. The summed E-state index contributed by atoms with van der Waals surface area (Å²) in [6.07, 6.45) is 0.980. The van der Waals surface area contributed by atoms with Gasteiger partial charge >= 0.3 is 0 Å². The Bertz CT molecular complexity index is 692. The van der Waals surface area contributed by atoms with E-state index in [4.69, 9.17) is 5.73 Å². The molecule has 1 aliphatic rings. The van der Waals surface area contributed by atoms with E-state index in [9.17, 15) is 4.79 Å². The highest BCUT2D eigenvalue weighted by molar-refractivity contribution is 5.78. The molecule has 1 atom stereocenters. The summed E-state index contributed by atoms with van der Waals surface area (Å²) in [6.45, 7) is 4.08. The molecule has 1 amide bonds. The lowest BCUT2D eigenvalue weighted by atomic mass is 9.89. The van der Waals surface area contributed by atoms with Gasteiger partial charge in [-0.05, 0) is 17.5 Å². The zero-order chi connectivity index (χ0) is 18.2. The molecule has 2 aromatic rings. The average Bonchev–Trinajstić information content (AvgIpc) is 3.10. The monoisotopic (exact) mass is 352 g/mol. The lowest BCUT2D eigenvalue weighted by Crippen LogP contribution is -2.49. The Morgan fingerprint density at radius 2 is 1.77 bits per heavy atom. The molecule has 2 aromatic carbocycles. The van der Waals surface area contributed by atoms with Crippen LogP contribution in [0.15, 0.2) is 60.7 Å². The molecule has 0 saturated carbocycles. The standard InChI is InChI=1S/C21H28N4O/c22-12-13-23-20(26)15-24-21(19-9-5-2-6-10-19)11-14-25(17-21)16-18-7-3-1-4-8-18/h1-10,24H,11-17,22H2,(H,23,26). The number of nitrogens with one attached hydrogen (secondary N) is 2. The normalized spacial score (nSPS) is 20.2. The highest BCUT2D eigenvalue weighted by Gasteiger charge is 2.39. The Kier molecular flexibility index (Phi) is 6.39. The fraction of sp³-hybridized carbons (Fsp3) is 0.381. The van der Waals surface area contributed by atoms with Gasteiger partial charge in [0.1, 0.15) is 0 Å². The summed E-state index contributed by atoms with van der Waals surface area (Å²) in [7, 11) is 0. The zero-order valence-electron chi connectivity index (χ0n) is 15.2. The quantitative estimate of drug-likeness (QED) is 0.673. The van der Waals surface area contributed by atoms with Crippen LogP contribution in [-0.4, -0.2) is 43.5 Å². The second kappa shape index (κ2) is 8.94. The second-order valence-corrected chi connectivity index (χ2v) is 6.89. The van der Waals surface area contributed by atoms with E-state index in [2.05, 4.69) is 64.1 Å². The van der Waals surface area contributed by atoms with Crippen molar-refractivity contribution in [2.75, 3.05) is 32.7 Å². The summed E-state index contributed by atoms with van der Waals surface area (Å²) in [5.41, 5.74) is 7.82. The van der Waals surface area contributed by atoms with Gasteiger partial charge in [-0.3, -0.25) is 15.0 Å². The van der Waals surface area contributed by atoms with Crippen molar-refractivity contribution in [3.05, 3.63) is 71.8 Å². The molecule has 1 fully saturated rings. The number of carbonyl (C=O) groups is 1. The zero-order valence-corrected chi connectivity index (χ0v) is 15.2. The topological polar surface area (TPSA) is 70.4 Å². The smallest absolute Gasteiger partial charge is 0.234 e. The molecular formula is C21H28N4O. The molecule has 0 aliphatic carbocycles. The third-order valence-corrected chi connectivity index (χ3v) is 4.98. The van der Waals surface area contributed by atoms with Gasteiger partial charge in [-0.25, -0.2) is 0 Å². The van der Waals surface area contributed by atoms with E-state index >= 15 is 0 Å². The molecule has 1 aliphatic heterocycles. The molecule has 3 rings (SSSR count). The number of nitrogens with zero attached hydrogens (tertiary/aromatic N) is 1. The van der Waals surface area contributed by atoms with Crippen molar-refractivity contribution in [2.24, 2.45) is 5.73 Å². The predicted octanol–water partition coefficient (Wildman–Crippen LogP) is 1.45. The van der Waals surface area contributed by atoms with Crippen molar-refractivity contribution >= 4 is 5.91 Å². The van der Waals surface area contributed by atoms with Gasteiger partial charge in [0, 0.05) is 32.7 Å². The molecule has 26 heavy (non-hydrogen) atoms. The summed E-state index contributed by atoms with van der Waals surface area (Å²) in [4.78, 5) is 14.5. The summed E-state index contributed by atoms with van der Waals surface area (Å²) < 4.78 is 0. The van der Waals surface area contributed by atoms with Crippen LogP contribution in [0.25, 0.3) is 0 Å². The van der Waals surface area contributed by atoms with Crippen molar-refractivity contribution in [2.45, 2.75) is 18.5 Å². The van der Waals surface area contributed by atoms with Gasteiger partial charge in [-0.2, -0.15) is 0 Å². The number of carbonyl (C=O) groups excluding carboxylic acids is 1. The Labute approximate surface area is 155 Å². The minimum atomic E-state index is -0.198. The van der Waals surface area contributed by atoms with E-state index in [0.29, 0.717) is 19.6 Å². The maximum atomic E-state index is 12.1. The van der Waals surface area contributed by atoms with Crippen LogP contribution in [0.1, 0.15) is 17.5 Å². The number of nitrogens with two attached hydrogens (primary N) is 1. The van der Waals surface area contributed by atoms with Crippen molar-refractivity contribution in [1.29, 1.82) is 0 Å². The molecule has 5 nitrogen and oxygen atoms in total. The predicted molar refractivity (Wildman–Crippen MR) is 105 cm³/mol. The molecular weight excluding hydrogens is 324 g/mol. The number of rotatable bonds is 8. The molecule has 0 bridgehead atoms. The number of hydrogen-bond donors (Lipinski definition) is 3. The first kappa shape index (κ1) is 18.6. The van der Waals surface area contributed by atoms with E-state index in [1.807, 2.05) is 12.1 Å². The SMILES string of the molecule is NCCNC(=O)CNC1(c2ccccc2)CCN(Cc2ccccc2)C1. The molecule has 1 heterocycles. The van der Waals surface area contributed by atoms with E-state index < -0.39 is 0 Å². The first-order chi connectivity index (χ1) is 12.7. The van der Waals surface area contributed by atoms with Crippen molar-refractivity contribution in [3.8, 4) is 0 Å². The highest BCUT2D eigenvalue weighted by Crippen LogP contribution is 2.32. The Morgan fingerprint density at radius 3 is 2.46 bits per heavy atom. The van der Waals surface area contributed by atoms with Gasteiger partial charge in [0.25, 0.3) is 0 Å². The van der Waals surface area contributed by atoms with Gasteiger partial charge in [0.2, 0.25) is 5.91 Å². The van der Waals surface area contributed by atoms with Gasteiger partial charge in [0.15, 0.2) is 0 Å². The van der Waals surface area contributed by atoms with E-state index in [1.54, 1.807) is 0 Å². The highest BCUT2D eigenvalue weighted by atomic mass is 16.1. The van der Waals surface area contributed by atoms with Gasteiger partial charge < -0.3 is 11.1 Å². The molecule has 5 heteroatoms. The van der Waals surface area contributed by atoms with Crippen LogP contribution < -0.4 is 16.4 Å². The van der Waals surface area contributed by atoms with Crippen molar-refractivity contribution < 1.29 is 4.79 Å². The van der Waals surface area contributed by atoms with E-state index in [0.717, 1.165) is 26.1 Å². The minimum Gasteiger partial charge on any atom is -0.354 e. The Hall–Kier alpha value is -2.21. The maximum absolute atomic E-state index is 12.1. The van der Waals surface area contributed by atoms with Crippen LogP contribution in [0, 0.1) is 0 Å². The largest absolute Gasteiger partial charge is 0.354 e. The number of amides is 1. The summed E-state index contributed by atoms with van der Waals surface area (Å²) in [5, 5.41) is 6.38. The third-order valence-electron chi connectivity index (χ3n) is 4.98. The number of likely N-dealkylation sites (tertiary alicyclic amines) is 1. The molecule has 1 unspecified atom stereocenters. The third kappa shape index (κ3) is 4.69.